The molecule has 1 saturated carbocycles. The fourth-order valence-electron chi connectivity index (χ4n) is 2.24. The standard InChI is InChI=1S/C12H22N2O/c1-8(2)11-6-5-9(3)7-12(11)14-13-10(4)15/h8-9,11H,5-7H2,1-4H3,(H,13,15)/b14-12-/t9-,11-/m0/s1. The van der Waals surface area contributed by atoms with Crippen molar-refractivity contribution in [2.45, 2.75) is 47.0 Å². The van der Waals surface area contributed by atoms with E-state index in [1.165, 1.54) is 25.5 Å². The third kappa shape index (κ3) is 3.65. The summed E-state index contributed by atoms with van der Waals surface area (Å²) >= 11 is 0. The maximum Gasteiger partial charge on any atom is 0.236 e. The normalized spacial score (nSPS) is 29.5. The van der Waals surface area contributed by atoms with Gasteiger partial charge in [-0.2, -0.15) is 5.10 Å². The van der Waals surface area contributed by atoms with E-state index < -0.39 is 0 Å². The SMILES string of the molecule is CC(=O)N/N=C1/C[C@@H](C)CC[C@H]1C(C)C. The van der Waals surface area contributed by atoms with Crippen LogP contribution in [0.3, 0.4) is 0 Å². The second-order valence-electron chi connectivity index (χ2n) is 5.01. The van der Waals surface area contributed by atoms with Crippen LogP contribution in [-0.2, 0) is 4.79 Å². The van der Waals surface area contributed by atoms with Gasteiger partial charge in [0.25, 0.3) is 0 Å². The van der Waals surface area contributed by atoms with Gasteiger partial charge in [0.2, 0.25) is 5.91 Å². The smallest absolute Gasteiger partial charge is 0.236 e. The van der Waals surface area contributed by atoms with Crippen LogP contribution in [0.25, 0.3) is 0 Å². The minimum atomic E-state index is -0.0803. The van der Waals surface area contributed by atoms with E-state index in [2.05, 4.69) is 31.3 Å². The third-order valence-corrected chi connectivity index (χ3v) is 3.12. The lowest BCUT2D eigenvalue weighted by atomic mass is 9.76. The first-order valence-corrected chi connectivity index (χ1v) is 5.83. The zero-order valence-electron chi connectivity index (χ0n) is 10.2. The van der Waals surface area contributed by atoms with Crippen molar-refractivity contribution in [3.63, 3.8) is 0 Å². The van der Waals surface area contributed by atoms with Crippen molar-refractivity contribution in [2.24, 2.45) is 22.9 Å². The van der Waals surface area contributed by atoms with Gasteiger partial charge in [0.1, 0.15) is 0 Å². The zero-order chi connectivity index (χ0) is 11.4. The van der Waals surface area contributed by atoms with E-state index in [-0.39, 0.29) is 5.91 Å². The van der Waals surface area contributed by atoms with Crippen LogP contribution in [0.5, 0.6) is 0 Å². The van der Waals surface area contributed by atoms with Gasteiger partial charge in [-0.1, -0.05) is 20.8 Å². The molecule has 0 saturated heterocycles. The van der Waals surface area contributed by atoms with Crippen LogP contribution in [0.1, 0.15) is 47.0 Å². The maximum atomic E-state index is 10.8. The number of carbonyl (C=O) groups is 1. The van der Waals surface area contributed by atoms with E-state index in [1.807, 2.05) is 0 Å². The lowest BCUT2D eigenvalue weighted by molar-refractivity contribution is -0.118. The summed E-state index contributed by atoms with van der Waals surface area (Å²) in [6.07, 6.45) is 3.52. The molecule has 0 heterocycles. The number of hydrogen-bond donors (Lipinski definition) is 1. The Balaban J connectivity index is 2.69. The van der Waals surface area contributed by atoms with E-state index in [0.717, 1.165) is 6.42 Å². The van der Waals surface area contributed by atoms with Crippen LogP contribution in [0, 0.1) is 17.8 Å². The fourth-order valence-corrected chi connectivity index (χ4v) is 2.24. The highest BCUT2D eigenvalue weighted by molar-refractivity contribution is 5.89. The topological polar surface area (TPSA) is 41.5 Å². The fraction of sp³-hybridized carbons (Fsp3) is 0.833. The first-order valence-electron chi connectivity index (χ1n) is 5.83. The van der Waals surface area contributed by atoms with Gasteiger partial charge in [0, 0.05) is 18.6 Å². The molecule has 1 aliphatic carbocycles. The number of amides is 1. The van der Waals surface area contributed by atoms with Gasteiger partial charge in [-0.3, -0.25) is 4.79 Å². The minimum absolute atomic E-state index is 0.0803. The van der Waals surface area contributed by atoms with Crippen LogP contribution < -0.4 is 5.43 Å². The summed E-state index contributed by atoms with van der Waals surface area (Å²) in [6.45, 7) is 8.20. The molecule has 0 bridgehead atoms. The number of carbonyl (C=O) groups excluding carboxylic acids is 1. The number of nitrogens with one attached hydrogen (secondary N) is 1. The Morgan fingerprint density at radius 2 is 2.13 bits per heavy atom. The van der Waals surface area contributed by atoms with Gasteiger partial charge in [0.15, 0.2) is 0 Å². The van der Waals surface area contributed by atoms with Crippen molar-refractivity contribution in [3.05, 3.63) is 0 Å². The molecule has 1 fully saturated rings. The molecule has 0 aromatic heterocycles. The first-order chi connectivity index (χ1) is 7.00. The Morgan fingerprint density at radius 3 is 2.67 bits per heavy atom. The molecule has 0 spiro atoms. The highest BCUT2D eigenvalue weighted by Gasteiger charge is 2.26. The zero-order valence-corrected chi connectivity index (χ0v) is 10.2. The van der Waals surface area contributed by atoms with Crippen molar-refractivity contribution < 1.29 is 4.79 Å². The summed E-state index contributed by atoms with van der Waals surface area (Å²) in [7, 11) is 0. The molecule has 1 amide bonds. The number of nitrogens with zero attached hydrogens (tertiary/aromatic N) is 1. The van der Waals surface area contributed by atoms with Gasteiger partial charge in [-0.15, -0.1) is 0 Å². The molecule has 1 N–H and O–H groups in total. The van der Waals surface area contributed by atoms with Gasteiger partial charge >= 0.3 is 0 Å². The summed E-state index contributed by atoms with van der Waals surface area (Å²) < 4.78 is 0. The molecule has 0 aromatic carbocycles. The van der Waals surface area contributed by atoms with Gasteiger partial charge in [0.05, 0.1) is 0 Å². The van der Waals surface area contributed by atoms with E-state index in [9.17, 15) is 4.79 Å². The van der Waals surface area contributed by atoms with Crippen LogP contribution >= 0.6 is 0 Å². The molecule has 3 heteroatoms. The molecule has 0 unspecified atom stereocenters. The van der Waals surface area contributed by atoms with Crippen LogP contribution in [0.4, 0.5) is 0 Å². The Labute approximate surface area is 92.3 Å². The monoisotopic (exact) mass is 210 g/mol. The quantitative estimate of drug-likeness (QED) is 0.699. The molecule has 0 aliphatic heterocycles. The van der Waals surface area contributed by atoms with Crippen LogP contribution in [0.2, 0.25) is 0 Å². The Bertz CT molecular complexity index is 258. The highest BCUT2D eigenvalue weighted by Crippen LogP contribution is 2.30. The highest BCUT2D eigenvalue weighted by atomic mass is 16.2. The molecule has 15 heavy (non-hydrogen) atoms. The average molecular weight is 210 g/mol. The summed E-state index contributed by atoms with van der Waals surface area (Å²) in [5, 5.41) is 4.25. The molecular weight excluding hydrogens is 188 g/mol. The molecule has 0 aromatic rings. The van der Waals surface area contributed by atoms with Crippen molar-refractivity contribution >= 4 is 11.6 Å². The summed E-state index contributed by atoms with van der Waals surface area (Å²) in [5.74, 6) is 1.79. The number of hydrogen-bond acceptors (Lipinski definition) is 2. The largest absolute Gasteiger partial charge is 0.274 e. The molecule has 3 nitrogen and oxygen atoms in total. The minimum Gasteiger partial charge on any atom is -0.274 e. The molecule has 1 rings (SSSR count). The van der Waals surface area contributed by atoms with Crippen molar-refractivity contribution in [1.82, 2.24) is 5.43 Å². The van der Waals surface area contributed by atoms with Gasteiger partial charge in [-0.25, -0.2) is 5.43 Å². The number of rotatable bonds is 2. The van der Waals surface area contributed by atoms with Crippen molar-refractivity contribution in [3.8, 4) is 0 Å². The van der Waals surface area contributed by atoms with Crippen molar-refractivity contribution in [2.75, 3.05) is 0 Å². The Morgan fingerprint density at radius 1 is 1.47 bits per heavy atom. The average Bonchev–Trinajstić information content (AvgIpc) is 2.14. The molecule has 1 aliphatic rings. The van der Waals surface area contributed by atoms with Crippen LogP contribution in [-0.4, -0.2) is 11.6 Å². The predicted molar refractivity (Wildman–Crippen MR) is 62.6 cm³/mol. The van der Waals surface area contributed by atoms with E-state index in [1.54, 1.807) is 0 Å². The molecule has 2 atom stereocenters. The van der Waals surface area contributed by atoms with Gasteiger partial charge < -0.3 is 0 Å². The van der Waals surface area contributed by atoms with E-state index in [0.29, 0.717) is 17.8 Å². The third-order valence-electron chi connectivity index (χ3n) is 3.12. The molecule has 0 radical (unpaired) electrons. The van der Waals surface area contributed by atoms with E-state index in [4.69, 9.17) is 0 Å². The Kier molecular flexibility index (Phi) is 4.30. The Hall–Kier alpha value is -0.860. The summed E-state index contributed by atoms with van der Waals surface area (Å²) in [4.78, 5) is 10.8. The first kappa shape index (κ1) is 12.2. The lowest BCUT2D eigenvalue weighted by Crippen LogP contribution is -2.30. The van der Waals surface area contributed by atoms with E-state index >= 15 is 0 Å². The van der Waals surface area contributed by atoms with Crippen molar-refractivity contribution in [1.29, 1.82) is 0 Å². The second-order valence-corrected chi connectivity index (χ2v) is 5.01. The predicted octanol–water partition coefficient (Wildman–Crippen LogP) is 2.57. The summed E-state index contributed by atoms with van der Waals surface area (Å²) in [6, 6.07) is 0. The van der Waals surface area contributed by atoms with Gasteiger partial charge in [-0.05, 0) is 31.1 Å². The lowest BCUT2D eigenvalue weighted by Gasteiger charge is -2.30. The molecule has 86 valence electrons. The second kappa shape index (κ2) is 5.29. The molecular formula is C12H22N2O. The van der Waals surface area contributed by atoms with Crippen LogP contribution in [0.15, 0.2) is 5.10 Å². The summed E-state index contributed by atoms with van der Waals surface area (Å²) in [5.41, 5.74) is 3.75. The number of hydrazone groups is 1. The maximum absolute atomic E-state index is 10.8.